The highest BCUT2D eigenvalue weighted by molar-refractivity contribution is 5.99. The van der Waals surface area contributed by atoms with Gasteiger partial charge in [0.1, 0.15) is 0 Å². The monoisotopic (exact) mass is 187 g/mol. The van der Waals surface area contributed by atoms with Crippen molar-refractivity contribution < 1.29 is 4.79 Å². The molecule has 0 fully saturated rings. The molecule has 0 saturated carbocycles. The molecule has 0 amide bonds. The molecular weight excluding hydrogens is 174 g/mol. The van der Waals surface area contributed by atoms with Crippen LogP contribution in [0.15, 0.2) is 12.1 Å². The van der Waals surface area contributed by atoms with E-state index in [9.17, 15) is 4.79 Å². The van der Waals surface area contributed by atoms with Crippen molar-refractivity contribution in [3.63, 3.8) is 0 Å². The van der Waals surface area contributed by atoms with Crippen molar-refractivity contribution in [3.05, 3.63) is 28.8 Å². The largest absolute Gasteiger partial charge is 0.384 e. The molecule has 0 spiro atoms. The zero-order chi connectivity index (χ0) is 9.54. The lowest BCUT2D eigenvalue weighted by molar-refractivity contribution is 0.0972. The van der Waals surface area contributed by atoms with Crippen molar-refractivity contribution in [2.75, 3.05) is 11.9 Å². The zero-order valence-corrected chi connectivity index (χ0v) is 8.10. The van der Waals surface area contributed by atoms with E-state index >= 15 is 0 Å². The maximum absolute atomic E-state index is 11.7. The summed E-state index contributed by atoms with van der Waals surface area (Å²) in [6.45, 7) is 1.03. The highest BCUT2D eigenvalue weighted by atomic mass is 16.1. The molecule has 1 aromatic carbocycles. The third-order valence-corrected chi connectivity index (χ3v) is 3.25. The minimum atomic E-state index is 0.334. The van der Waals surface area contributed by atoms with E-state index in [0.717, 1.165) is 37.8 Å². The van der Waals surface area contributed by atoms with E-state index in [1.165, 1.54) is 16.8 Å². The molecule has 0 aromatic heterocycles. The van der Waals surface area contributed by atoms with Crippen molar-refractivity contribution in [3.8, 4) is 0 Å². The Morgan fingerprint density at radius 2 is 2.00 bits per heavy atom. The van der Waals surface area contributed by atoms with Crippen LogP contribution in [0.4, 0.5) is 5.69 Å². The Balaban J connectivity index is 2.22. The van der Waals surface area contributed by atoms with E-state index in [2.05, 4.69) is 11.4 Å². The minimum Gasteiger partial charge on any atom is -0.384 e. The molecular formula is C12H13NO. The molecule has 2 aliphatic rings. The van der Waals surface area contributed by atoms with Crippen molar-refractivity contribution in [1.29, 1.82) is 0 Å². The third kappa shape index (κ3) is 0.999. The molecule has 0 bridgehead atoms. The van der Waals surface area contributed by atoms with Gasteiger partial charge in [-0.2, -0.15) is 0 Å². The number of hydrogen-bond acceptors (Lipinski definition) is 2. The van der Waals surface area contributed by atoms with Crippen LogP contribution in [0.1, 0.15) is 34.3 Å². The van der Waals surface area contributed by atoms with Gasteiger partial charge in [-0.25, -0.2) is 0 Å². The van der Waals surface area contributed by atoms with Gasteiger partial charge in [0.15, 0.2) is 5.78 Å². The number of anilines is 1. The van der Waals surface area contributed by atoms with Crippen LogP contribution in [0, 0.1) is 0 Å². The Morgan fingerprint density at radius 3 is 2.93 bits per heavy atom. The third-order valence-electron chi connectivity index (χ3n) is 3.25. The van der Waals surface area contributed by atoms with E-state index in [0.29, 0.717) is 5.78 Å². The number of carbonyl (C=O) groups is 1. The second-order valence-corrected chi connectivity index (χ2v) is 4.07. The summed E-state index contributed by atoms with van der Waals surface area (Å²) in [5, 5.41) is 3.35. The number of ketones is 1. The molecule has 1 aliphatic carbocycles. The average molecular weight is 187 g/mol. The molecule has 1 heterocycles. The normalized spacial score (nSPS) is 18.7. The zero-order valence-electron chi connectivity index (χ0n) is 8.10. The fourth-order valence-electron chi connectivity index (χ4n) is 2.57. The van der Waals surface area contributed by atoms with Gasteiger partial charge in [0.05, 0.1) is 0 Å². The topological polar surface area (TPSA) is 29.1 Å². The fraction of sp³-hybridized carbons (Fsp3) is 0.417. The molecule has 1 aliphatic heterocycles. The summed E-state index contributed by atoms with van der Waals surface area (Å²) in [5.74, 6) is 0.334. The van der Waals surface area contributed by atoms with Gasteiger partial charge in [-0.15, -0.1) is 0 Å². The molecule has 0 atom stereocenters. The van der Waals surface area contributed by atoms with Crippen LogP contribution >= 0.6 is 0 Å². The van der Waals surface area contributed by atoms with Gasteiger partial charge < -0.3 is 5.32 Å². The molecule has 14 heavy (non-hydrogen) atoms. The van der Waals surface area contributed by atoms with Gasteiger partial charge in [-0.1, -0.05) is 0 Å². The van der Waals surface area contributed by atoms with Gasteiger partial charge in [-0.05, 0) is 42.5 Å². The highest BCUT2D eigenvalue weighted by Crippen LogP contribution is 2.32. The van der Waals surface area contributed by atoms with Gasteiger partial charge >= 0.3 is 0 Å². The van der Waals surface area contributed by atoms with E-state index in [-0.39, 0.29) is 0 Å². The van der Waals surface area contributed by atoms with E-state index in [1.54, 1.807) is 0 Å². The minimum absolute atomic E-state index is 0.334. The van der Waals surface area contributed by atoms with E-state index < -0.39 is 0 Å². The van der Waals surface area contributed by atoms with Crippen molar-refractivity contribution in [2.45, 2.75) is 25.7 Å². The number of carbonyl (C=O) groups excluding carboxylic acids is 1. The van der Waals surface area contributed by atoms with Crippen molar-refractivity contribution in [2.24, 2.45) is 0 Å². The van der Waals surface area contributed by atoms with E-state index in [4.69, 9.17) is 0 Å². The Labute approximate surface area is 83.3 Å². The summed E-state index contributed by atoms with van der Waals surface area (Å²) in [6.07, 6.45) is 3.94. The maximum atomic E-state index is 11.7. The predicted molar refractivity (Wildman–Crippen MR) is 55.9 cm³/mol. The summed E-state index contributed by atoms with van der Waals surface area (Å²) in [7, 11) is 0. The number of hydrogen-bond donors (Lipinski definition) is 1. The summed E-state index contributed by atoms with van der Waals surface area (Å²) in [4.78, 5) is 11.7. The quantitative estimate of drug-likeness (QED) is 0.674. The van der Waals surface area contributed by atoms with Crippen molar-refractivity contribution in [1.82, 2.24) is 0 Å². The SMILES string of the molecule is O=C1CCCc2c1ccc1c2CCN1. The lowest BCUT2D eigenvalue weighted by atomic mass is 9.86. The molecule has 2 heteroatoms. The Bertz CT molecular complexity index is 409. The summed E-state index contributed by atoms with van der Waals surface area (Å²) >= 11 is 0. The number of Topliss-reactive ketones (excluding diaryl/α,β-unsaturated/α-hetero) is 1. The first-order valence-corrected chi connectivity index (χ1v) is 5.28. The summed E-state index contributed by atoms with van der Waals surface area (Å²) in [5.41, 5.74) is 4.96. The first kappa shape index (κ1) is 8.04. The number of fused-ring (bicyclic) bond motifs is 3. The molecule has 0 radical (unpaired) electrons. The van der Waals surface area contributed by atoms with E-state index in [1.807, 2.05) is 6.07 Å². The van der Waals surface area contributed by atoms with Crippen LogP contribution in [0.2, 0.25) is 0 Å². The summed E-state index contributed by atoms with van der Waals surface area (Å²) < 4.78 is 0. The second kappa shape index (κ2) is 2.84. The van der Waals surface area contributed by atoms with Gasteiger partial charge in [-0.3, -0.25) is 4.79 Å². The Morgan fingerprint density at radius 1 is 1.07 bits per heavy atom. The molecule has 3 rings (SSSR count). The Kier molecular flexibility index (Phi) is 1.63. The molecule has 2 nitrogen and oxygen atoms in total. The number of benzene rings is 1. The van der Waals surface area contributed by atoms with Gasteiger partial charge in [0.25, 0.3) is 0 Å². The predicted octanol–water partition coefficient (Wildman–Crippen LogP) is 2.17. The van der Waals surface area contributed by atoms with Gasteiger partial charge in [0.2, 0.25) is 0 Å². The van der Waals surface area contributed by atoms with Crippen LogP contribution in [-0.2, 0) is 12.8 Å². The van der Waals surface area contributed by atoms with Gasteiger partial charge in [0, 0.05) is 24.2 Å². The molecule has 72 valence electrons. The average Bonchev–Trinajstić information content (AvgIpc) is 2.66. The fourth-order valence-corrected chi connectivity index (χ4v) is 2.57. The molecule has 1 aromatic rings. The van der Waals surface area contributed by atoms with Crippen LogP contribution in [-0.4, -0.2) is 12.3 Å². The maximum Gasteiger partial charge on any atom is 0.163 e. The number of rotatable bonds is 0. The highest BCUT2D eigenvalue weighted by Gasteiger charge is 2.23. The second-order valence-electron chi connectivity index (χ2n) is 4.07. The lowest BCUT2D eigenvalue weighted by Crippen LogP contribution is -2.12. The van der Waals surface area contributed by atoms with Crippen LogP contribution in [0.5, 0.6) is 0 Å². The smallest absolute Gasteiger partial charge is 0.163 e. The van der Waals surface area contributed by atoms with Crippen LogP contribution < -0.4 is 5.32 Å². The Hall–Kier alpha value is -1.31. The first-order valence-electron chi connectivity index (χ1n) is 5.28. The van der Waals surface area contributed by atoms with Crippen molar-refractivity contribution >= 4 is 11.5 Å². The van der Waals surface area contributed by atoms with Crippen LogP contribution in [0.3, 0.4) is 0 Å². The molecule has 0 unspecified atom stereocenters. The number of nitrogens with one attached hydrogen (secondary N) is 1. The molecule has 0 saturated heterocycles. The standard InChI is InChI=1S/C12H13NO/c14-12-3-1-2-8-9-6-7-13-11(9)5-4-10(8)12/h4-5,13H,1-3,6-7H2. The van der Waals surface area contributed by atoms with Crippen LogP contribution in [0.25, 0.3) is 0 Å². The summed E-state index contributed by atoms with van der Waals surface area (Å²) in [6, 6.07) is 4.05. The molecule has 1 N–H and O–H groups in total. The first-order chi connectivity index (χ1) is 6.86. The lowest BCUT2D eigenvalue weighted by Gasteiger charge is -2.17.